The number of carbonyl (C=O) groups is 3. The van der Waals surface area contributed by atoms with Crippen LogP contribution < -0.4 is 10.6 Å². The van der Waals surface area contributed by atoms with Crippen LogP contribution in [0.25, 0.3) is 11.1 Å². The molecule has 2 aliphatic rings. The zero-order chi connectivity index (χ0) is 23.4. The van der Waals surface area contributed by atoms with E-state index in [1.54, 1.807) is 0 Å². The first-order chi connectivity index (χ1) is 16.0. The summed E-state index contributed by atoms with van der Waals surface area (Å²) in [5.74, 6) is -1.68. The number of amides is 2. The van der Waals surface area contributed by atoms with Gasteiger partial charge in [-0.05, 0) is 47.9 Å². The summed E-state index contributed by atoms with van der Waals surface area (Å²) < 4.78 is 5.59. The normalized spacial score (nSPS) is 20.3. The predicted octanol–water partition coefficient (Wildman–Crippen LogP) is 3.92. The minimum atomic E-state index is -1.06. The van der Waals surface area contributed by atoms with Crippen LogP contribution in [0, 0.1) is 11.8 Å². The molecule has 0 saturated heterocycles. The molecule has 2 amide bonds. The van der Waals surface area contributed by atoms with E-state index < -0.39 is 18.1 Å². The Hall–Kier alpha value is -3.35. The first-order valence-corrected chi connectivity index (χ1v) is 11.6. The maximum atomic E-state index is 12.6. The van der Waals surface area contributed by atoms with E-state index >= 15 is 0 Å². The molecule has 0 aromatic heterocycles. The van der Waals surface area contributed by atoms with E-state index in [-0.39, 0.29) is 30.3 Å². The molecule has 3 atom stereocenters. The summed E-state index contributed by atoms with van der Waals surface area (Å²) in [5.41, 5.74) is 4.66. The number of rotatable bonds is 7. The van der Waals surface area contributed by atoms with Crippen molar-refractivity contribution in [3.63, 3.8) is 0 Å². The molecule has 0 heterocycles. The van der Waals surface area contributed by atoms with Crippen LogP contribution in [-0.2, 0) is 14.3 Å². The molecule has 0 bridgehead atoms. The fourth-order valence-corrected chi connectivity index (χ4v) is 5.04. The SMILES string of the molecule is CC(NC(=O)C1CCCCC1CNC(=O)OCC1c2ccccc2-c2ccccc21)C(=O)O. The van der Waals surface area contributed by atoms with Gasteiger partial charge in [-0.25, -0.2) is 4.79 Å². The van der Waals surface area contributed by atoms with Gasteiger partial charge in [0.15, 0.2) is 0 Å². The van der Waals surface area contributed by atoms with Crippen molar-refractivity contribution in [3.8, 4) is 11.1 Å². The third kappa shape index (κ3) is 5.02. The summed E-state index contributed by atoms with van der Waals surface area (Å²) in [6.45, 7) is 2.02. The Morgan fingerprint density at radius 3 is 2.24 bits per heavy atom. The summed E-state index contributed by atoms with van der Waals surface area (Å²) >= 11 is 0. The molecule has 7 nitrogen and oxygen atoms in total. The molecule has 3 unspecified atom stereocenters. The van der Waals surface area contributed by atoms with E-state index in [4.69, 9.17) is 9.84 Å². The smallest absolute Gasteiger partial charge is 0.407 e. The minimum Gasteiger partial charge on any atom is -0.480 e. The third-order valence-corrected chi connectivity index (χ3v) is 6.83. The highest BCUT2D eigenvalue weighted by Crippen LogP contribution is 2.44. The fourth-order valence-electron chi connectivity index (χ4n) is 5.04. The van der Waals surface area contributed by atoms with E-state index in [9.17, 15) is 14.4 Å². The Kier molecular flexibility index (Phi) is 6.96. The van der Waals surface area contributed by atoms with Gasteiger partial charge in [-0.1, -0.05) is 61.4 Å². The lowest BCUT2D eigenvalue weighted by molar-refractivity contribution is -0.142. The van der Waals surface area contributed by atoms with Gasteiger partial charge in [-0.3, -0.25) is 9.59 Å². The monoisotopic (exact) mass is 450 g/mol. The quantitative estimate of drug-likeness (QED) is 0.593. The first-order valence-electron chi connectivity index (χ1n) is 11.6. The van der Waals surface area contributed by atoms with Gasteiger partial charge in [0.1, 0.15) is 12.6 Å². The number of hydrogen-bond donors (Lipinski definition) is 3. The second-order valence-electron chi connectivity index (χ2n) is 8.93. The van der Waals surface area contributed by atoms with Crippen LogP contribution in [0.5, 0.6) is 0 Å². The molecule has 7 heteroatoms. The largest absolute Gasteiger partial charge is 0.480 e. The molecule has 0 aliphatic heterocycles. The Bertz CT molecular complexity index is 991. The number of carboxylic acids is 1. The standard InChI is InChI=1S/C26H30N2O5/c1-16(25(30)31)28-24(29)18-9-3-2-8-17(18)14-27-26(32)33-15-23-21-12-6-4-10-19(21)20-11-5-7-13-22(20)23/h4-7,10-13,16-18,23H,2-3,8-9,14-15H2,1H3,(H,27,32)(H,28,29)(H,30,31). The van der Waals surface area contributed by atoms with Gasteiger partial charge in [0.2, 0.25) is 5.91 Å². The Morgan fingerprint density at radius 2 is 1.61 bits per heavy atom. The number of ether oxygens (including phenoxy) is 1. The van der Waals surface area contributed by atoms with E-state index in [0.29, 0.717) is 13.0 Å². The van der Waals surface area contributed by atoms with Crippen LogP contribution in [0.1, 0.15) is 49.7 Å². The van der Waals surface area contributed by atoms with Crippen LogP contribution >= 0.6 is 0 Å². The van der Waals surface area contributed by atoms with Crippen LogP contribution in [-0.4, -0.2) is 42.3 Å². The number of benzene rings is 2. The van der Waals surface area contributed by atoms with E-state index in [0.717, 1.165) is 30.4 Å². The number of alkyl carbamates (subject to hydrolysis) is 1. The van der Waals surface area contributed by atoms with Gasteiger partial charge in [-0.2, -0.15) is 0 Å². The molecule has 0 spiro atoms. The molecule has 2 aromatic rings. The second-order valence-corrected chi connectivity index (χ2v) is 8.93. The molecule has 33 heavy (non-hydrogen) atoms. The maximum Gasteiger partial charge on any atom is 0.407 e. The lowest BCUT2D eigenvalue weighted by Crippen LogP contribution is -2.46. The summed E-state index contributed by atoms with van der Waals surface area (Å²) in [5, 5.41) is 14.4. The van der Waals surface area contributed by atoms with Crippen molar-refractivity contribution >= 4 is 18.0 Å². The second kappa shape index (κ2) is 10.1. The van der Waals surface area contributed by atoms with Gasteiger partial charge in [0, 0.05) is 18.4 Å². The number of carboxylic acid groups (broad SMARTS) is 1. The number of aliphatic carboxylic acids is 1. The van der Waals surface area contributed by atoms with Crippen molar-refractivity contribution in [2.75, 3.05) is 13.2 Å². The lowest BCUT2D eigenvalue weighted by Gasteiger charge is -2.31. The molecule has 2 aliphatic carbocycles. The zero-order valence-corrected chi connectivity index (χ0v) is 18.8. The van der Waals surface area contributed by atoms with E-state index in [1.165, 1.54) is 18.1 Å². The Labute approximate surface area is 193 Å². The van der Waals surface area contributed by atoms with Gasteiger partial charge < -0.3 is 20.5 Å². The van der Waals surface area contributed by atoms with Gasteiger partial charge in [0.25, 0.3) is 0 Å². The summed E-state index contributed by atoms with van der Waals surface area (Å²) in [7, 11) is 0. The Balaban J connectivity index is 1.33. The predicted molar refractivity (Wildman–Crippen MR) is 124 cm³/mol. The van der Waals surface area contributed by atoms with E-state index in [2.05, 4.69) is 34.9 Å². The molecule has 4 rings (SSSR count). The van der Waals surface area contributed by atoms with Crippen molar-refractivity contribution in [2.24, 2.45) is 11.8 Å². The van der Waals surface area contributed by atoms with Crippen molar-refractivity contribution in [3.05, 3.63) is 59.7 Å². The third-order valence-electron chi connectivity index (χ3n) is 6.83. The molecule has 0 radical (unpaired) electrons. The summed E-state index contributed by atoms with van der Waals surface area (Å²) in [6.07, 6.45) is 2.90. The van der Waals surface area contributed by atoms with Gasteiger partial charge >= 0.3 is 12.1 Å². The number of hydrogen-bond acceptors (Lipinski definition) is 4. The molecule has 1 saturated carbocycles. The number of fused-ring (bicyclic) bond motifs is 3. The first kappa shape index (κ1) is 22.8. The number of carbonyl (C=O) groups excluding carboxylic acids is 2. The summed E-state index contributed by atoms with van der Waals surface area (Å²) in [6, 6.07) is 15.4. The van der Waals surface area contributed by atoms with Crippen molar-refractivity contribution in [1.82, 2.24) is 10.6 Å². The highest BCUT2D eigenvalue weighted by atomic mass is 16.5. The van der Waals surface area contributed by atoms with Crippen LogP contribution in [0.15, 0.2) is 48.5 Å². The topological polar surface area (TPSA) is 105 Å². The van der Waals surface area contributed by atoms with E-state index in [1.807, 2.05) is 24.3 Å². The maximum absolute atomic E-state index is 12.6. The lowest BCUT2D eigenvalue weighted by atomic mass is 9.78. The fraction of sp³-hybridized carbons (Fsp3) is 0.423. The molecular weight excluding hydrogens is 420 g/mol. The molecule has 3 N–H and O–H groups in total. The molecule has 174 valence electrons. The minimum absolute atomic E-state index is 0.00568. The molecule has 2 aromatic carbocycles. The Morgan fingerprint density at radius 1 is 1.00 bits per heavy atom. The average molecular weight is 451 g/mol. The highest BCUT2D eigenvalue weighted by molar-refractivity contribution is 5.85. The number of nitrogens with one attached hydrogen (secondary N) is 2. The highest BCUT2D eigenvalue weighted by Gasteiger charge is 2.33. The van der Waals surface area contributed by atoms with Crippen molar-refractivity contribution in [2.45, 2.75) is 44.6 Å². The van der Waals surface area contributed by atoms with Gasteiger partial charge in [-0.15, -0.1) is 0 Å². The summed E-state index contributed by atoms with van der Waals surface area (Å²) in [4.78, 5) is 36.1. The average Bonchev–Trinajstić information content (AvgIpc) is 3.15. The van der Waals surface area contributed by atoms with Crippen LogP contribution in [0.4, 0.5) is 4.79 Å². The van der Waals surface area contributed by atoms with Gasteiger partial charge in [0.05, 0.1) is 0 Å². The van der Waals surface area contributed by atoms with Crippen LogP contribution in [0.2, 0.25) is 0 Å². The van der Waals surface area contributed by atoms with Crippen molar-refractivity contribution in [1.29, 1.82) is 0 Å². The van der Waals surface area contributed by atoms with Crippen LogP contribution in [0.3, 0.4) is 0 Å². The zero-order valence-electron chi connectivity index (χ0n) is 18.8. The molecule has 1 fully saturated rings. The molecular formula is C26H30N2O5. The van der Waals surface area contributed by atoms with Crippen molar-refractivity contribution < 1.29 is 24.2 Å².